The summed E-state index contributed by atoms with van der Waals surface area (Å²) in [6.45, 7) is 5.40. The topological polar surface area (TPSA) is 139 Å². The van der Waals surface area contributed by atoms with Crippen molar-refractivity contribution in [1.82, 2.24) is 4.98 Å². The van der Waals surface area contributed by atoms with Gasteiger partial charge in [0.2, 0.25) is 0 Å². The number of aromatic nitrogens is 1. The van der Waals surface area contributed by atoms with E-state index in [0.717, 1.165) is 0 Å². The lowest BCUT2D eigenvalue weighted by Crippen LogP contribution is -2.17. The molecule has 182 valence electrons. The highest BCUT2D eigenvalue weighted by Crippen LogP contribution is 2.19. The van der Waals surface area contributed by atoms with E-state index in [4.69, 9.17) is 0 Å². The number of benzene rings is 2. The van der Waals surface area contributed by atoms with Crippen LogP contribution in [0.3, 0.4) is 0 Å². The number of anilines is 2. The average molecular weight is 485 g/mol. The van der Waals surface area contributed by atoms with Gasteiger partial charge in [-0.3, -0.25) is 33.8 Å². The van der Waals surface area contributed by atoms with Gasteiger partial charge in [-0.2, -0.15) is 0 Å². The summed E-state index contributed by atoms with van der Waals surface area (Å²) >= 11 is 0. The predicted molar refractivity (Wildman–Crippen MR) is 133 cm³/mol. The minimum absolute atomic E-state index is 0.0576. The van der Waals surface area contributed by atoms with Gasteiger partial charge in [-0.05, 0) is 70.2 Å². The lowest BCUT2D eigenvalue weighted by atomic mass is 10.0. The second kappa shape index (κ2) is 10.6. The van der Waals surface area contributed by atoms with Crippen molar-refractivity contribution in [2.45, 2.75) is 27.7 Å². The van der Waals surface area contributed by atoms with Gasteiger partial charge in [-0.25, -0.2) is 0 Å². The van der Waals surface area contributed by atoms with Crippen LogP contribution < -0.4 is 10.6 Å². The normalized spacial score (nSPS) is 10.3. The Morgan fingerprint density at radius 1 is 0.472 bits per heavy atom. The third kappa shape index (κ3) is 6.20. The summed E-state index contributed by atoms with van der Waals surface area (Å²) in [5.74, 6) is -2.28. The Labute approximate surface area is 206 Å². The van der Waals surface area contributed by atoms with Gasteiger partial charge in [-0.15, -0.1) is 0 Å². The number of carbonyl (C=O) groups is 6. The first-order valence-electron chi connectivity index (χ1n) is 10.9. The molecule has 0 saturated heterocycles. The van der Waals surface area contributed by atoms with Crippen LogP contribution >= 0.6 is 0 Å². The summed E-state index contributed by atoms with van der Waals surface area (Å²) in [6, 6.07) is 10.0. The van der Waals surface area contributed by atoms with Crippen molar-refractivity contribution in [2.75, 3.05) is 10.6 Å². The van der Waals surface area contributed by atoms with Gasteiger partial charge in [0.15, 0.2) is 23.1 Å². The number of nitrogens with zero attached hydrogens (tertiary/aromatic N) is 1. The molecular formula is C27H23N3O6. The smallest absolute Gasteiger partial charge is 0.257 e. The Morgan fingerprint density at radius 3 is 1.03 bits per heavy atom. The second-order valence-electron chi connectivity index (χ2n) is 8.19. The summed E-state index contributed by atoms with van der Waals surface area (Å²) in [7, 11) is 0. The van der Waals surface area contributed by atoms with E-state index in [-0.39, 0.29) is 67.9 Å². The van der Waals surface area contributed by atoms with Gasteiger partial charge in [0.1, 0.15) is 0 Å². The molecule has 0 unspecified atom stereocenters. The van der Waals surface area contributed by atoms with E-state index < -0.39 is 11.8 Å². The number of hydrogen-bond acceptors (Lipinski definition) is 7. The Balaban J connectivity index is 1.85. The van der Waals surface area contributed by atoms with Crippen molar-refractivity contribution in [3.05, 3.63) is 88.2 Å². The maximum atomic E-state index is 12.8. The molecule has 0 radical (unpaired) electrons. The molecule has 0 saturated carbocycles. The molecule has 0 atom stereocenters. The third-order valence-corrected chi connectivity index (χ3v) is 5.27. The van der Waals surface area contributed by atoms with E-state index in [0.29, 0.717) is 0 Å². The molecule has 0 aliphatic heterocycles. The first-order valence-corrected chi connectivity index (χ1v) is 10.9. The van der Waals surface area contributed by atoms with Crippen LogP contribution in [0.2, 0.25) is 0 Å². The molecule has 0 spiro atoms. The third-order valence-electron chi connectivity index (χ3n) is 5.27. The highest BCUT2D eigenvalue weighted by molar-refractivity contribution is 6.10. The predicted octanol–water partition coefficient (Wildman–Crippen LogP) is 4.40. The van der Waals surface area contributed by atoms with E-state index in [9.17, 15) is 28.8 Å². The van der Waals surface area contributed by atoms with Crippen LogP contribution in [0, 0.1) is 0 Å². The molecule has 2 amide bonds. The lowest BCUT2D eigenvalue weighted by Gasteiger charge is -2.11. The highest BCUT2D eigenvalue weighted by atomic mass is 16.2. The fourth-order valence-electron chi connectivity index (χ4n) is 3.31. The molecule has 0 fully saturated rings. The largest absolute Gasteiger partial charge is 0.322 e. The highest BCUT2D eigenvalue weighted by Gasteiger charge is 2.16. The van der Waals surface area contributed by atoms with Gasteiger partial charge < -0.3 is 10.6 Å². The molecule has 9 nitrogen and oxygen atoms in total. The van der Waals surface area contributed by atoms with Crippen molar-refractivity contribution >= 4 is 46.3 Å². The molecule has 3 rings (SSSR count). The average Bonchev–Trinajstić information content (AvgIpc) is 2.83. The minimum Gasteiger partial charge on any atom is -0.322 e. The van der Waals surface area contributed by atoms with E-state index in [1.165, 1.54) is 82.6 Å². The zero-order chi connectivity index (χ0) is 26.6. The molecule has 9 heteroatoms. The SMILES string of the molecule is CC(=O)c1cc(NC(=O)c2cncc(C(=O)Nc3cc(C(C)=O)cc(C(C)=O)c3)c2)cc(C(C)=O)c1. The summed E-state index contributed by atoms with van der Waals surface area (Å²) in [5.41, 5.74) is 1.66. The second-order valence-corrected chi connectivity index (χ2v) is 8.19. The molecule has 0 aliphatic carbocycles. The molecule has 0 aliphatic rings. The molecule has 2 aromatic carbocycles. The van der Waals surface area contributed by atoms with E-state index in [1.54, 1.807) is 0 Å². The number of pyridine rings is 1. The van der Waals surface area contributed by atoms with Crippen molar-refractivity contribution in [3.63, 3.8) is 0 Å². The van der Waals surface area contributed by atoms with Crippen LogP contribution in [0.15, 0.2) is 54.9 Å². The Bertz CT molecular complexity index is 1270. The molecule has 3 aromatic rings. The molecule has 1 aromatic heterocycles. The summed E-state index contributed by atoms with van der Waals surface area (Å²) in [4.78, 5) is 76.8. The fraction of sp³-hybridized carbons (Fsp3) is 0.148. The number of hydrogen-bond donors (Lipinski definition) is 2. The van der Waals surface area contributed by atoms with Crippen LogP contribution in [0.1, 0.15) is 89.8 Å². The van der Waals surface area contributed by atoms with Gasteiger partial charge in [0.25, 0.3) is 11.8 Å². The fourth-order valence-corrected chi connectivity index (χ4v) is 3.31. The quantitative estimate of drug-likeness (QED) is 0.451. The first kappa shape index (κ1) is 25.8. The minimum atomic E-state index is -0.607. The first-order chi connectivity index (χ1) is 16.9. The van der Waals surface area contributed by atoms with E-state index >= 15 is 0 Å². The van der Waals surface area contributed by atoms with E-state index in [2.05, 4.69) is 15.6 Å². The molecule has 1 heterocycles. The van der Waals surface area contributed by atoms with Crippen molar-refractivity contribution < 1.29 is 28.8 Å². The van der Waals surface area contributed by atoms with Crippen LogP contribution in [-0.2, 0) is 0 Å². The Kier molecular flexibility index (Phi) is 7.64. The summed E-state index contributed by atoms with van der Waals surface area (Å²) in [5, 5.41) is 5.23. The number of amides is 2. The molecular weight excluding hydrogens is 462 g/mol. The molecule has 0 bridgehead atoms. The van der Waals surface area contributed by atoms with Crippen LogP contribution in [-0.4, -0.2) is 39.9 Å². The zero-order valence-electron chi connectivity index (χ0n) is 20.1. The van der Waals surface area contributed by atoms with Gasteiger partial charge in [0, 0.05) is 46.0 Å². The standard InChI is InChI=1S/C27H23N3O6/c1-14(31)18-5-19(15(2)32)9-24(8-18)29-26(35)22-7-23(13-28-12-22)27(36)30-25-10-20(16(3)33)6-21(11-25)17(4)34/h5-13H,1-4H3,(H,29,35)(H,30,36). The Morgan fingerprint density at radius 2 is 0.750 bits per heavy atom. The summed E-state index contributed by atoms with van der Waals surface area (Å²) in [6.07, 6.45) is 2.52. The number of rotatable bonds is 8. The van der Waals surface area contributed by atoms with Crippen LogP contribution in [0.5, 0.6) is 0 Å². The maximum Gasteiger partial charge on any atom is 0.257 e. The molecule has 36 heavy (non-hydrogen) atoms. The van der Waals surface area contributed by atoms with Gasteiger partial charge in [-0.1, -0.05) is 0 Å². The number of nitrogens with one attached hydrogen (secondary N) is 2. The van der Waals surface area contributed by atoms with E-state index in [1.807, 2.05) is 0 Å². The summed E-state index contributed by atoms with van der Waals surface area (Å²) < 4.78 is 0. The monoisotopic (exact) mass is 485 g/mol. The lowest BCUT2D eigenvalue weighted by molar-refractivity contribution is 0.0997. The number of carbonyl (C=O) groups excluding carboxylic acids is 6. The van der Waals surface area contributed by atoms with Crippen LogP contribution in [0.4, 0.5) is 11.4 Å². The van der Waals surface area contributed by atoms with Crippen molar-refractivity contribution in [1.29, 1.82) is 0 Å². The molecule has 2 N–H and O–H groups in total. The van der Waals surface area contributed by atoms with Crippen molar-refractivity contribution in [2.24, 2.45) is 0 Å². The Hall–Kier alpha value is -4.79. The van der Waals surface area contributed by atoms with Gasteiger partial charge in [0.05, 0.1) is 11.1 Å². The number of Topliss-reactive ketones (excluding diaryl/α,β-unsaturated/α-hetero) is 4. The zero-order valence-corrected chi connectivity index (χ0v) is 20.1. The van der Waals surface area contributed by atoms with Crippen LogP contribution in [0.25, 0.3) is 0 Å². The maximum absolute atomic E-state index is 12.8. The van der Waals surface area contributed by atoms with Gasteiger partial charge >= 0.3 is 0 Å². The van der Waals surface area contributed by atoms with Crippen molar-refractivity contribution in [3.8, 4) is 0 Å². The number of ketones is 4.